The summed E-state index contributed by atoms with van der Waals surface area (Å²) < 4.78 is 15.1. The third-order valence-electron chi connectivity index (χ3n) is 8.48. The van der Waals surface area contributed by atoms with Gasteiger partial charge < -0.3 is 5.11 Å². The fourth-order valence-electron chi connectivity index (χ4n) is 7.20. The molecule has 0 radical (unpaired) electrons. The first-order valence-electron chi connectivity index (χ1n) is 9.84. The van der Waals surface area contributed by atoms with Gasteiger partial charge in [-0.2, -0.15) is 0 Å². The zero-order valence-corrected chi connectivity index (χ0v) is 15.3. The van der Waals surface area contributed by atoms with E-state index in [2.05, 4.69) is 13.8 Å². The summed E-state index contributed by atoms with van der Waals surface area (Å²) in [7, 11) is 0. The number of carbonyl (C=O) groups is 2. The normalized spacial score (nSPS) is 49.0. The Hall–Kier alpha value is -1.03. The van der Waals surface area contributed by atoms with Crippen LogP contribution in [0.1, 0.15) is 58.8 Å². The lowest BCUT2D eigenvalue weighted by Crippen LogP contribution is -2.53. The molecule has 138 valence electrons. The van der Waals surface area contributed by atoms with Gasteiger partial charge in [0.15, 0.2) is 11.6 Å². The molecule has 0 spiro atoms. The Kier molecular flexibility index (Phi) is 3.99. The second-order valence-corrected chi connectivity index (χ2v) is 9.36. The van der Waals surface area contributed by atoms with E-state index in [1.54, 1.807) is 6.08 Å². The van der Waals surface area contributed by atoms with Gasteiger partial charge in [-0.15, -0.1) is 0 Å². The molecule has 0 aromatic heterocycles. The number of hydrogen-bond acceptors (Lipinski definition) is 3. The number of aliphatic hydroxyl groups excluding tert-OH is 1. The van der Waals surface area contributed by atoms with Crippen LogP contribution in [-0.2, 0) is 9.59 Å². The Bertz CT molecular complexity index is 641. The lowest BCUT2D eigenvalue weighted by molar-refractivity contribution is -0.134. The van der Waals surface area contributed by atoms with Gasteiger partial charge in [0.2, 0.25) is 0 Å². The van der Waals surface area contributed by atoms with Crippen molar-refractivity contribution in [1.82, 2.24) is 0 Å². The molecule has 7 atom stereocenters. The molecule has 0 heterocycles. The molecule has 4 heteroatoms. The molecule has 3 nitrogen and oxygen atoms in total. The van der Waals surface area contributed by atoms with Gasteiger partial charge in [-0.25, -0.2) is 4.39 Å². The highest BCUT2D eigenvalue weighted by molar-refractivity contribution is 5.92. The van der Waals surface area contributed by atoms with Crippen molar-refractivity contribution in [3.05, 3.63) is 11.6 Å². The quantitative estimate of drug-likeness (QED) is 0.829. The van der Waals surface area contributed by atoms with Crippen LogP contribution in [0.5, 0.6) is 0 Å². The molecule has 3 saturated carbocycles. The summed E-state index contributed by atoms with van der Waals surface area (Å²) >= 11 is 0. The van der Waals surface area contributed by atoms with Gasteiger partial charge in [-0.1, -0.05) is 13.8 Å². The maximum absolute atomic E-state index is 15.1. The number of halogens is 1. The largest absolute Gasteiger partial charge is 0.389 e. The summed E-state index contributed by atoms with van der Waals surface area (Å²) in [5.41, 5.74) is 0.453. The molecule has 0 bridgehead atoms. The lowest BCUT2D eigenvalue weighted by Gasteiger charge is -2.58. The van der Waals surface area contributed by atoms with E-state index >= 15 is 4.39 Å². The number of alkyl halides is 1. The Morgan fingerprint density at radius 3 is 2.72 bits per heavy atom. The number of carbonyl (C=O) groups excluding carboxylic acids is 2. The van der Waals surface area contributed by atoms with E-state index in [0.717, 1.165) is 37.7 Å². The molecule has 4 aliphatic rings. The van der Waals surface area contributed by atoms with Crippen molar-refractivity contribution in [2.75, 3.05) is 6.61 Å². The molecule has 0 saturated heterocycles. The molecule has 0 aromatic carbocycles. The lowest BCUT2D eigenvalue weighted by atomic mass is 9.46. The third kappa shape index (κ3) is 2.32. The molecule has 0 aliphatic heterocycles. The first-order chi connectivity index (χ1) is 11.8. The Morgan fingerprint density at radius 1 is 1.24 bits per heavy atom. The second-order valence-electron chi connectivity index (χ2n) is 9.36. The predicted molar refractivity (Wildman–Crippen MR) is 92.6 cm³/mol. The topological polar surface area (TPSA) is 54.4 Å². The molecule has 4 aliphatic carbocycles. The van der Waals surface area contributed by atoms with Crippen molar-refractivity contribution in [1.29, 1.82) is 0 Å². The third-order valence-corrected chi connectivity index (χ3v) is 8.48. The highest BCUT2D eigenvalue weighted by Gasteiger charge is 2.61. The Labute approximate surface area is 149 Å². The summed E-state index contributed by atoms with van der Waals surface area (Å²) in [5.74, 6) is 1.04. The summed E-state index contributed by atoms with van der Waals surface area (Å²) in [6.07, 6.45) is 6.15. The van der Waals surface area contributed by atoms with E-state index in [0.29, 0.717) is 30.6 Å². The minimum Gasteiger partial charge on any atom is -0.389 e. The summed E-state index contributed by atoms with van der Waals surface area (Å²) in [4.78, 5) is 24.1. The van der Waals surface area contributed by atoms with Crippen LogP contribution in [-0.4, -0.2) is 29.5 Å². The number of ketones is 2. The summed E-state index contributed by atoms with van der Waals surface area (Å²) in [6.45, 7) is 3.99. The number of Topliss-reactive ketones (excluding diaryl/α,β-unsaturated/α-hetero) is 1. The van der Waals surface area contributed by atoms with Crippen LogP contribution in [0.3, 0.4) is 0 Å². The van der Waals surface area contributed by atoms with Gasteiger partial charge in [0.05, 0.1) is 0 Å². The molecule has 3 fully saturated rings. The van der Waals surface area contributed by atoms with E-state index < -0.39 is 6.17 Å². The molecular weight excluding hydrogens is 319 g/mol. The van der Waals surface area contributed by atoms with E-state index in [1.165, 1.54) is 0 Å². The minimum absolute atomic E-state index is 0.0360. The van der Waals surface area contributed by atoms with Gasteiger partial charge in [0.25, 0.3) is 0 Å². The van der Waals surface area contributed by atoms with Crippen molar-refractivity contribution < 1.29 is 19.1 Å². The van der Waals surface area contributed by atoms with Gasteiger partial charge in [0, 0.05) is 12.3 Å². The maximum Gasteiger partial charge on any atom is 0.161 e. The zero-order valence-electron chi connectivity index (χ0n) is 15.3. The van der Waals surface area contributed by atoms with Crippen LogP contribution >= 0.6 is 0 Å². The van der Waals surface area contributed by atoms with Crippen molar-refractivity contribution in [2.24, 2.45) is 34.5 Å². The molecule has 0 unspecified atom stereocenters. The number of hydrogen-bond donors (Lipinski definition) is 1. The summed E-state index contributed by atoms with van der Waals surface area (Å²) in [5, 5.41) is 9.35. The van der Waals surface area contributed by atoms with Crippen LogP contribution in [0.4, 0.5) is 4.39 Å². The molecule has 0 amide bonds. The van der Waals surface area contributed by atoms with Gasteiger partial charge in [-0.3, -0.25) is 9.59 Å². The molecule has 25 heavy (non-hydrogen) atoms. The number of allylic oxidation sites excluding steroid dienone is 1. The van der Waals surface area contributed by atoms with Gasteiger partial charge in [-0.05, 0) is 78.8 Å². The van der Waals surface area contributed by atoms with Gasteiger partial charge in [0.1, 0.15) is 12.8 Å². The Balaban J connectivity index is 1.68. The molecule has 4 rings (SSSR count). The average Bonchev–Trinajstić information content (AvgIpc) is 2.93. The highest BCUT2D eigenvalue weighted by Crippen LogP contribution is 2.66. The van der Waals surface area contributed by atoms with Crippen LogP contribution < -0.4 is 0 Å². The summed E-state index contributed by atoms with van der Waals surface area (Å²) in [6, 6.07) is 0. The fourth-order valence-corrected chi connectivity index (χ4v) is 7.20. The van der Waals surface area contributed by atoms with Crippen molar-refractivity contribution in [3.8, 4) is 0 Å². The van der Waals surface area contributed by atoms with Crippen molar-refractivity contribution >= 4 is 11.6 Å². The van der Waals surface area contributed by atoms with Crippen molar-refractivity contribution in [3.63, 3.8) is 0 Å². The van der Waals surface area contributed by atoms with Crippen LogP contribution in [0.25, 0.3) is 0 Å². The van der Waals surface area contributed by atoms with Crippen LogP contribution in [0, 0.1) is 34.5 Å². The highest BCUT2D eigenvalue weighted by atomic mass is 19.1. The second kappa shape index (κ2) is 5.73. The number of rotatable bonds is 2. The molecule has 1 N–H and O–H groups in total. The number of aliphatic hydroxyl groups is 1. The average molecular weight is 348 g/mol. The standard InChI is InChI=1S/C21H29FO3/c1-20-8-6-15-13(14(20)3-4-16(20)19(25)11-23)10-18(22)17-9-12(24)5-7-21(15,17)2/h9,13-16,18,23H,3-8,10-11H2,1-2H3/t13-,14-,15-,16+,18-,20-,21+/m0/s1. The smallest absolute Gasteiger partial charge is 0.161 e. The zero-order chi connectivity index (χ0) is 18.0. The maximum atomic E-state index is 15.1. The fraction of sp³-hybridized carbons (Fsp3) is 0.810. The van der Waals surface area contributed by atoms with Crippen LogP contribution in [0.2, 0.25) is 0 Å². The minimum atomic E-state index is -1.02. The number of fused-ring (bicyclic) bond motifs is 5. The van der Waals surface area contributed by atoms with Gasteiger partial charge >= 0.3 is 0 Å². The first-order valence-corrected chi connectivity index (χ1v) is 9.84. The Morgan fingerprint density at radius 2 is 2.00 bits per heavy atom. The predicted octanol–water partition coefficient (Wildman–Crippen LogP) is 3.64. The first kappa shape index (κ1) is 17.4. The molecule has 0 aromatic rings. The monoisotopic (exact) mass is 348 g/mol. The van der Waals surface area contributed by atoms with Crippen molar-refractivity contribution in [2.45, 2.75) is 65.0 Å². The van der Waals surface area contributed by atoms with E-state index in [4.69, 9.17) is 0 Å². The van der Waals surface area contributed by atoms with E-state index in [1.807, 2.05) is 0 Å². The van der Waals surface area contributed by atoms with Crippen LogP contribution in [0.15, 0.2) is 11.6 Å². The van der Waals surface area contributed by atoms with E-state index in [-0.39, 0.29) is 34.9 Å². The van der Waals surface area contributed by atoms with E-state index in [9.17, 15) is 14.7 Å². The molecular formula is C21H29FO3. The SMILES string of the molecule is C[C@]12CC[C@H]3[C@@H](C[C@H](F)C4=CC(=O)CC[C@@]43C)[C@@H]1CC[C@@H]2C(=O)CO.